The fourth-order valence-electron chi connectivity index (χ4n) is 2.79. The average Bonchev–Trinajstić information content (AvgIpc) is 3.11. The molecule has 1 aliphatic rings. The summed E-state index contributed by atoms with van der Waals surface area (Å²) in [5, 5.41) is 8.48. The van der Waals surface area contributed by atoms with Crippen molar-refractivity contribution in [1.82, 2.24) is 0 Å². The van der Waals surface area contributed by atoms with Gasteiger partial charge in [0.25, 0.3) is 0 Å². The van der Waals surface area contributed by atoms with E-state index in [0.717, 1.165) is 24.2 Å². The van der Waals surface area contributed by atoms with Crippen LogP contribution in [0.15, 0.2) is 54.6 Å². The number of carbonyl (C=O) groups is 2. The van der Waals surface area contributed by atoms with Gasteiger partial charge in [0.05, 0.1) is 0 Å². The molecule has 130 valence electrons. The van der Waals surface area contributed by atoms with Crippen LogP contribution >= 0.6 is 0 Å². The van der Waals surface area contributed by atoms with E-state index in [1.165, 1.54) is 6.08 Å². The molecule has 0 spiro atoms. The summed E-state index contributed by atoms with van der Waals surface area (Å²) in [5.74, 6) is 0.641. The zero-order chi connectivity index (χ0) is 18.4. The van der Waals surface area contributed by atoms with E-state index in [9.17, 15) is 9.59 Å². The minimum Gasteiger partial charge on any atom is -0.479 e. The Kier molecular flexibility index (Phi) is 5.45. The lowest BCUT2D eigenvalue weighted by molar-refractivity contribution is -0.117. The van der Waals surface area contributed by atoms with Gasteiger partial charge in [-0.25, -0.2) is 0 Å². The van der Waals surface area contributed by atoms with Gasteiger partial charge in [-0.05, 0) is 54.5 Å². The van der Waals surface area contributed by atoms with Gasteiger partial charge in [-0.2, -0.15) is 5.26 Å². The molecule has 0 atom stereocenters. The molecule has 0 aliphatic carbocycles. The minimum atomic E-state index is -0.103. The van der Waals surface area contributed by atoms with Crippen molar-refractivity contribution >= 4 is 23.5 Å². The van der Waals surface area contributed by atoms with E-state index in [1.54, 1.807) is 35.2 Å². The van der Waals surface area contributed by atoms with Crippen LogP contribution < -0.4 is 9.64 Å². The van der Waals surface area contributed by atoms with E-state index in [0.29, 0.717) is 17.7 Å². The molecule has 2 aromatic carbocycles. The standard InChI is InChI=1S/C21H18N2O3/c22-13-15-26-19-10-3-16(4-11-19)5-12-20(24)17-6-8-18(9-7-17)23-14-1-2-21(23)25/h3-12H,1-2,14-15H2/b12-5+. The van der Waals surface area contributed by atoms with Crippen molar-refractivity contribution in [2.24, 2.45) is 0 Å². The molecule has 0 N–H and O–H groups in total. The maximum Gasteiger partial charge on any atom is 0.227 e. The first-order valence-electron chi connectivity index (χ1n) is 8.40. The summed E-state index contributed by atoms with van der Waals surface area (Å²) in [6.45, 7) is 0.743. The molecule has 1 aliphatic heterocycles. The highest BCUT2D eigenvalue weighted by Gasteiger charge is 2.21. The number of anilines is 1. The molecule has 1 heterocycles. The predicted molar refractivity (Wildman–Crippen MR) is 98.9 cm³/mol. The van der Waals surface area contributed by atoms with Crippen LogP contribution in [0.25, 0.3) is 6.08 Å². The molecular weight excluding hydrogens is 328 g/mol. The second-order valence-corrected chi connectivity index (χ2v) is 5.91. The number of ketones is 1. The first-order chi connectivity index (χ1) is 12.7. The number of nitrogens with zero attached hydrogens (tertiary/aromatic N) is 2. The van der Waals surface area contributed by atoms with Gasteiger partial charge >= 0.3 is 0 Å². The molecular formula is C21H18N2O3. The molecule has 1 fully saturated rings. The average molecular weight is 346 g/mol. The van der Waals surface area contributed by atoms with E-state index >= 15 is 0 Å². The number of benzene rings is 2. The number of carbonyl (C=O) groups excluding carboxylic acids is 2. The quantitative estimate of drug-likeness (QED) is 0.592. The van der Waals surface area contributed by atoms with Gasteiger partial charge in [0, 0.05) is 24.2 Å². The summed E-state index contributed by atoms with van der Waals surface area (Å²) in [4.78, 5) is 25.8. The Bertz CT molecular complexity index is 862. The van der Waals surface area contributed by atoms with Crippen molar-refractivity contribution in [2.75, 3.05) is 18.1 Å². The van der Waals surface area contributed by atoms with Gasteiger partial charge in [0.1, 0.15) is 11.8 Å². The molecule has 0 bridgehead atoms. The lowest BCUT2D eigenvalue weighted by atomic mass is 10.1. The summed E-state index contributed by atoms with van der Waals surface area (Å²) in [7, 11) is 0. The van der Waals surface area contributed by atoms with Crippen LogP contribution in [0, 0.1) is 11.3 Å². The summed E-state index contributed by atoms with van der Waals surface area (Å²) >= 11 is 0. The number of allylic oxidation sites excluding steroid dienone is 1. The molecule has 2 aromatic rings. The lowest BCUT2D eigenvalue weighted by Gasteiger charge is -2.15. The maximum absolute atomic E-state index is 12.3. The molecule has 0 saturated carbocycles. The normalized spacial score (nSPS) is 13.8. The monoisotopic (exact) mass is 346 g/mol. The summed E-state index contributed by atoms with van der Waals surface area (Å²) < 4.78 is 5.19. The zero-order valence-electron chi connectivity index (χ0n) is 14.2. The summed E-state index contributed by atoms with van der Waals surface area (Å²) in [6.07, 6.45) is 4.71. The molecule has 5 nitrogen and oxygen atoms in total. The smallest absolute Gasteiger partial charge is 0.227 e. The van der Waals surface area contributed by atoms with Gasteiger partial charge in [-0.15, -0.1) is 0 Å². The molecule has 0 aromatic heterocycles. The number of rotatable bonds is 6. The van der Waals surface area contributed by atoms with Gasteiger partial charge in [0.15, 0.2) is 12.4 Å². The summed E-state index contributed by atoms with van der Waals surface area (Å²) in [5.41, 5.74) is 2.27. The molecule has 5 heteroatoms. The third-order valence-corrected chi connectivity index (χ3v) is 4.15. The third kappa shape index (κ3) is 4.17. The second kappa shape index (κ2) is 8.13. The Balaban J connectivity index is 1.63. The fraction of sp³-hybridized carbons (Fsp3) is 0.190. The first-order valence-corrected chi connectivity index (χ1v) is 8.40. The van der Waals surface area contributed by atoms with Crippen molar-refractivity contribution in [3.8, 4) is 11.8 Å². The molecule has 1 saturated heterocycles. The zero-order valence-corrected chi connectivity index (χ0v) is 14.2. The van der Waals surface area contributed by atoms with Gasteiger partial charge < -0.3 is 9.64 Å². The number of nitriles is 1. The SMILES string of the molecule is N#CCOc1ccc(/C=C/C(=O)c2ccc(N3CCCC3=O)cc2)cc1. The number of amides is 1. The van der Waals surface area contributed by atoms with Crippen LogP contribution in [0.4, 0.5) is 5.69 Å². The van der Waals surface area contributed by atoms with Crippen LogP contribution in [0.1, 0.15) is 28.8 Å². The van der Waals surface area contributed by atoms with Gasteiger partial charge in [-0.1, -0.05) is 18.2 Å². The van der Waals surface area contributed by atoms with Crippen LogP contribution in [0.3, 0.4) is 0 Å². The molecule has 3 rings (SSSR count). The topological polar surface area (TPSA) is 70.4 Å². The van der Waals surface area contributed by atoms with Crippen molar-refractivity contribution in [1.29, 1.82) is 5.26 Å². The molecule has 0 unspecified atom stereocenters. The van der Waals surface area contributed by atoms with Crippen molar-refractivity contribution in [3.63, 3.8) is 0 Å². The first kappa shape index (κ1) is 17.4. The van der Waals surface area contributed by atoms with E-state index < -0.39 is 0 Å². The van der Waals surface area contributed by atoms with Crippen LogP contribution in [-0.4, -0.2) is 24.8 Å². The number of hydrogen-bond donors (Lipinski definition) is 0. The van der Waals surface area contributed by atoms with Crippen molar-refractivity contribution < 1.29 is 14.3 Å². The lowest BCUT2D eigenvalue weighted by Crippen LogP contribution is -2.23. The Labute approximate surface area is 152 Å². The third-order valence-electron chi connectivity index (χ3n) is 4.15. The van der Waals surface area contributed by atoms with Crippen LogP contribution in [0.2, 0.25) is 0 Å². The minimum absolute atomic E-state index is 0.00664. The molecule has 26 heavy (non-hydrogen) atoms. The van der Waals surface area contributed by atoms with E-state index in [-0.39, 0.29) is 18.3 Å². The van der Waals surface area contributed by atoms with Crippen LogP contribution in [0.5, 0.6) is 5.75 Å². The fourth-order valence-corrected chi connectivity index (χ4v) is 2.79. The Morgan fingerprint density at radius 2 is 1.88 bits per heavy atom. The maximum atomic E-state index is 12.3. The predicted octanol–water partition coefficient (Wildman–Crippen LogP) is 3.61. The number of hydrogen-bond acceptors (Lipinski definition) is 4. The molecule has 0 radical (unpaired) electrons. The number of ether oxygens (including phenoxy) is 1. The Hall–Kier alpha value is -3.39. The van der Waals surface area contributed by atoms with E-state index in [4.69, 9.17) is 10.00 Å². The Morgan fingerprint density at radius 3 is 2.50 bits per heavy atom. The second-order valence-electron chi connectivity index (χ2n) is 5.91. The Morgan fingerprint density at radius 1 is 1.15 bits per heavy atom. The van der Waals surface area contributed by atoms with Gasteiger partial charge in [0.2, 0.25) is 5.91 Å². The summed E-state index contributed by atoms with van der Waals surface area (Å²) in [6, 6.07) is 16.2. The van der Waals surface area contributed by atoms with Crippen molar-refractivity contribution in [3.05, 3.63) is 65.7 Å². The highest BCUT2D eigenvalue weighted by molar-refractivity contribution is 6.07. The molecule has 1 amide bonds. The van der Waals surface area contributed by atoms with Crippen molar-refractivity contribution in [2.45, 2.75) is 12.8 Å². The van der Waals surface area contributed by atoms with E-state index in [1.807, 2.05) is 30.3 Å². The largest absolute Gasteiger partial charge is 0.479 e. The highest BCUT2D eigenvalue weighted by Crippen LogP contribution is 2.22. The van der Waals surface area contributed by atoms with Gasteiger partial charge in [-0.3, -0.25) is 9.59 Å². The van der Waals surface area contributed by atoms with Crippen LogP contribution in [-0.2, 0) is 4.79 Å². The highest BCUT2D eigenvalue weighted by atomic mass is 16.5. The van der Waals surface area contributed by atoms with E-state index in [2.05, 4.69) is 0 Å².